The van der Waals surface area contributed by atoms with Crippen molar-refractivity contribution in [2.24, 2.45) is 5.11 Å². The lowest BCUT2D eigenvalue weighted by Gasteiger charge is -1.76. The third kappa shape index (κ3) is 1.67. The van der Waals surface area contributed by atoms with Crippen LogP contribution in [0.1, 0.15) is 5.69 Å². The van der Waals surface area contributed by atoms with E-state index in [4.69, 9.17) is 5.53 Å². The van der Waals surface area contributed by atoms with Crippen molar-refractivity contribution >= 4 is 11.7 Å². The summed E-state index contributed by atoms with van der Waals surface area (Å²) in [5.41, 5.74) is 8.60. The molecular formula is C3H3N5S. The molecular weight excluding hydrogens is 138 g/mol. The number of aromatic nitrogens is 2. The van der Waals surface area contributed by atoms with Gasteiger partial charge in [0.25, 0.3) is 0 Å². The fourth-order valence-electron chi connectivity index (χ4n) is 0.358. The molecule has 0 radical (unpaired) electrons. The van der Waals surface area contributed by atoms with Crippen LogP contribution in [0.2, 0.25) is 0 Å². The van der Waals surface area contributed by atoms with E-state index in [0.717, 1.165) is 17.4 Å². The van der Waals surface area contributed by atoms with Gasteiger partial charge in [0, 0.05) is 4.91 Å². The van der Waals surface area contributed by atoms with E-state index in [1.54, 1.807) is 6.20 Å². The molecule has 0 unspecified atom stereocenters. The van der Waals surface area contributed by atoms with Crippen molar-refractivity contribution in [1.29, 1.82) is 0 Å². The van der Waals surface area contributed by atoms with Gasteiger partial charge in [-0.3, -0.25) is 0 Å². The van der Waals surface area contributed by atoms with Crippen molar-refractivity contribution in [1.82, 2.24) is 8.75 Å². The number of rotatable bonds is 2. The first kappa shape index (κ1) is 6.00. The third-order valence-corrected chi connectivity index (χ3v) is 1.22. The minimum Gasteiger partial charge on any atom is -0.181 e. The Morgan fingerprint density at radius 1 is 1.89 bits per heavy atom. The van der Waals surface area contributed by atoms with Gasteiger partial charge in [-0.05, 0) is 5.53 Å². The van der Waals surface area contributed by atoms with E-state index in [2.05, 4.69) is 18.8 Å². The van der Waals surface area contributed by atoms with E-state index < -0.39 is 0 Å². The Morgan fingerprint density at radius 2 is 2.78 bits per heavy atom. The monoisotopic (exact) mass is 141 g/mol. The SMILES string of the molecule is [N-]=[N+]=NCc1cnsn1. The maximum Gasteiger partial charge on any atom is 0.0800 e. The molecule has 0 N–H and O–H groups in total. The van der Waals surface area contributed by atoms with Crippen molar-refractivity contribution in [2.75, 3.05) is 0 Å². The zero-order valence-corrected chi connectivity index (χ0v) is 5.25. The second-order valence-electron chi connectivity index (χ2n) is 1.29. The Balaban J connectivity index is 2.57. The molecule has 0 atom stereocenters. The Morgan fingerprint density at radius 3 is 3.33 bits per heavy atom. The highest BCUT2D eigenvalue weighted by molar-refractivity contribution is 6.99. The minimum atomic E-state index is 0.299. The maximum absolute atomic E-state index is 7.88. The van der Waals surface area contributed by atoms with Gasteiger partial charge in [0.2, 0.25) is 0 Å². The van der Waals surface area contributed by atoms with Crippen molar-refractivity contribution in [3.05, 3.63) is 22.3 Å². The smallest absolute Gasteiger partial charge is 0.0800 e. The topological polar surface area (TPSA) is 74.5 Å². The van der Waals surface area contributed by atoms with Crippen LogP contribution in [0.5, 0.6) is 0 Å². The van der Waals surface area contributed by atoms with Crippen molar-refractivity contribution in [2.45, 2.75) is 6.54 Å². The van der Waals surface area contributed by atoms with Gasteiger partial charge in [0.1, 0.15) is 0 Å². The van der Waals surface area contributed by atoms with E-state index in [9.17, 15) is 0 Å². The highest BCUT2D eigenvalue weighted by Crippen LogP contribution is 1.95. The first-order chi connectivity index (χ1) is 4.43. The van der Waals surface area contributed by atoms with E-state index in [0.29, 0.717) is 6.54 Å². The standard InChI is InChI=1S/C3H3N5S/c4-8-5-1-3-2-6-9-7-3/h2H,1H2. The lowest BCUT2D eigenvalue weighted by molar-refractivity contribution is 1.01. The molecule has 6 heteroatoms. The van der Waals surface area contributed by atoms with Crippen LogP contribution in [0.3, 0.4) is 0 Å². The molecule has 0 spiro atoms. The van der Waals surface area contributed by atoms with Gasteiger partial charge < -0.3 is 0 Å². The molecule has 0 aliphatic rings. The molecule has 0 fully saturated rings. The lowest BCUT2D eigenvalue weighted by atomic mass is 10.5. The van der Waals surface area contributed by atoms with Gasteiger partial charge in [-0.15, -0.1) is 0 Å². The van der Waals surface area contributed by atoms with E-state index in [1.807, 2.05) is 0 Å². The molecule has 1 rings (SSSR count). The number of hydrogen-bond acceptors (Lipinski definition) is 4. The summed E-state index contributed by atoms with van der Waals surface area (Å²) in [5, 5.41) is 3.30. The van der Waals surface area contributed by atoms with Crippen LogP contribution in [0.15, 0.2) is 11.3 Å². The third-order valence-electron chi connectivity index (χ3n) is 0.703. The van der Waals surface area contributed by atoms with E-state index >= 15 is 0 Å². The van der Waals surface area contributed by atoms with Gasteiger partial charge in [-0.1, -0.05) is 5.11 Å². The average molecular weight is 141 g/mol. The summed E-state index contributed by atoms with van der Waals surface area (Å²) in [6, 6.07) is 0. The Bertz CT molecular complexity index is 210. The van der Waals surface area contributed by atoms with Crippen molar-refractivity contribution in [3.8, 4) is 0 Å². The van der Waals surface area contributed by atoms with Crippen molar-refractivity contribution < 1.29 is 0 Å². The van der Waals surface area contributed by atoms with Crippen LogP contribution in [0.4, 0.5) is 0 Å². The second-order valence-corrected chi connectivity index (χ2v) is 1.84. The molecule has 1 aromatic heterocycles. The van der Waals surface area contributed by atoms with Crippen LogP contribution in [-0.4, -0.2) is 8.75 Å². The number of azide groups is 1. The summed E-state index contributed by atoms with van der Waals surface area (Å²) in [6.07, 6.45) is 1.58. The minimum absolute atomic E-state index is 0.299. The molecule has 0 saturated carbocycles. The fourth-order valence-corrected chi connectivity index (χ4v) is 0.783. The highest BCUT2D eigenvalue weighted by Gasteiger charge is 1.89. The van der Waals surface area contributed by atoms with Gasteiger partial charge in [-0.2, -0.15) is 8.75 Å². The molecule has 0 bridgehead atoms. The van der Waals surface area contributed by atoms with Crippen LogP contribution in [0, 0.1) is 0 Å². The van der Waals surface area contributed by atoms with Crippen molar-refractivity contribution in [3.63, 3.8) is 0 Å². The molecule has 9 heavy (non-hydrogen) atoms. The van der Waals surface area contributed by atoms with Gasteiger partial charge in [0.15, 0.2) is 0 Å². The molecule has 0 amide bonds. The Kier molecular flexibility index (Phi) is 2.00. The van der Waals surface area contributed by atoms with Crippen LogP contribution >= 0.6 is 11.7 Å². The maximum atomic E-state index is 7.88. The number of nitrogens with zero attached hydrogens (tertiary/aromatic N) is 5. The molecule has 5 nitrogen and oxygen atoms in total. The molecule has 1 aromatic rings. The van der Waals surface area contributed by atoms with E-state index in [1.165, 1.54) is 0 Å². The van der Waals surface area contributed by atoms with Gasteiger partial charge in [0.05, 0.1) is 30.2 Å². The largest absolute Gasteiger partial charge is 0.181 e. The van der Waals surface area contributed by atoms with E-state index in [-0.39, 0.29) is 0 Å². The van der Waals surface area contributed by atoms with Gasteiger partial charge >= 0.3 is 0 Å². The summed E-state index contributed by atoms with van der Waals surface area (Å²) in [7, 11) is 0. The molecule has 1 heterocycles. The Labute approximate surface area is 55.3 Å². The van der Waals surface area contributed by atoms with Crippen LogP contribution < -0.4 is 0 Å². The summed E-state index contributed by atoms with van der Waals surface area (Å²) < 4.78 is 7.54. The quantitative estimate of drug-likeness (QED) is 0.354. The fraction of sp³-hybridized carbons (Fsp3) is 0.333. The number of hydrogen-bond donors (Lipinski definition) is 0. The summed E-state index contributed by atoms with van der Waals surface area (Å²) in [5.74, 6) is 0. The predicted molar refractivity (Wildman–Crippen MR) is 32.8 cm³/mol. The molecule has 0 aliphatic heterocycles. The zero-order valence-electron chi connectivity index (χ0n) is 4.43. The Hall–Kier alpha value is -1.13. The molecule has 0 aromatic carbocycles. The predicted octanol–water partition coefficient (Wildman–Crippen LogP) is 1.35. The molecule has 0 aliphatic carbocycles. The average Bonchev–Trinajstić information content (AvgIpc) is 2.34. The normalized spacial score (nSPS) is 8.44. The van der Waals surface area contributed by atoms with Gasteiger partial charge in [-0.25, -0.2) is 0 Å². The summed E-state index contributed by atoms with van der Waals surface area (Å²) >= 11 is 1.11. The van der Waals surface area contributed by atoms with Crippen LogP contribution in [-0.2, 0) is 6.54 Å². The molecule has 46 valence electrons. The first-order valence-corrected chi connectivity index (χ1v) is 2.94. The summed E-state index contributed by atoms with van der Waals surface area (Å²) in [4.78, 5) is 2.57. The molecule has 0 saturated heterocycles. The summed E-state index contributed by atoms with van der Waals surface area (Å²) in [6.45, 7) is 0.299. The highest BCUT2D eigenvalue weighted by atomic mass is 32.1. The van der Waals surface area contributed by atoms with Crippen LogP contribution in [0.25, 0.3) is 10.4 Å². The lowest BCUT2D eigenvalue weighted by Crippen LogP contribution is -1.75. The first-order valence-electron chi connectivity index (χ1n) is 2.21. The second kappa shape index (κ2) is 3.01. The zero-order chi connectivity index (χ0) is 6.53.